The molecule has 34 heavy (non-hydrogen) atoms. The highest BCUT2D eigenvalue weighted by molar-refractivity contribution is 6.04. The number of amides is 1. The lowest BCUT2D eigenvalue weighted by atomic mass is 10.0. The van der Waals surface area contributed by atoms with Crippen molar-refractivity contribution in [2.24, 2.45) is 5.92 Å². The number of anilines is 1. The summed E-state index contributed by atoms with van der Waals surface area (Å²) in [4.78, 5) is 13.2. The number of hydrogen-bond donors (Lipinski definition) is 1. The van der Waals surface area contributed by atoms with Crippen LogP contribution in [-0.4, -0.2) is 10.5 Å². The first-order valence-corrected chi connectivity index (χ1v) is 11.9. The quantitative estimate of drug-likeness (QED) is 0.362. The number of aryl methyl sites for hydroxylation is 2. The number of carbonyl (C=O) groups excluding carboxylic acids is 1. The van der Waals surface area contributed by atoms with Crippen LogP contribution in [0, 0.1) is 5.92 Å². The number of nitrogens with one attached hydrogen (secondary N) is 1. The number of aromatic nitrogens is 1. The van der Waals surface area contributed by atoms with Crippen LogP contribution in [0.15, 0.2) is 60.7 Å². The second kappa shape index (κ2) is 9.69. The molecule has 1 heterocycles. The molecule has 1 amide bonds. The normalized spacial score (nSPS) is 17.7. The molecule has 2 aromatic carbocycles. The van der Waals surface area contributed by atoms with Crippen LogP contribution in [0.4, 0.5) is 18.9 Å². The lowest BCUT2D eigenvalue weighted by Crippen LogP contribution is -2.21. The fourth-order valence-electron chi connectivity index (χ4n) is 4.72. The van der Waals surface area contributed by atoms with Crippen molar-refractivity contribution >= 4 is 11.6 Å². The van der Waals surface area contributed by atoms with E-state index < -0.39 is 17.6 Å². The third-order valence-corrected chi connectivity index (χ3v) is 6.63. The van der Waals surface area contributed by atoms with Crippen LogP contribution < -0.4 is 5.32 Å². The number of rotatable bonds is 8. The Morgan fingerprint density at radius 3 is 2.38 bits per heavy atom. The SMILES string of the molecule is CC1CC1c1ccc(C(F)(F)F)c(NC(=O)c2ccc(CCCc3ccccc3)n2C(C)C)c1. The topological polar surface area (TPSA) is 34.0 Å². The molecular formula is C28H31F3N2O. The van der Waals surface area contributed by atoms with Gasteiger partial charge in [-0.3, -0.25) is 4.79 Å². The molecular weight excluding hydrogens is 437 g/mol. The number of hydrogen-bond acceptors (Lipinski definition) is 1. The molecule has 1 aliphatic rings. The summed E-state index contributed by atoms with van der Waals surface area (Å²) in [6.07, 6.45) is -0.960. The van der Waals surface area contributed by atoms with E-state index in [0.717, 1.165) is 43.0 Å². The summed E-state index contributed by atoms with van der Waals surface area (Å²) in [7, 11) is 0. The molecule has 0 saturated heterocycles. The Kier molecular flexibility index (Phi) is 6.87. The summed E-state index contributed by atoms with van der Waals surface area (Å²) in [6.45, 7) is 6.04. The summed E-state index contributed by atoms with van der Waals surface area (Å²) in [5.74, 6) is 0.195. The summed E-state index contributed by atoms with van der Waals surface area (Å²) in [5.41, 5.74) is 2.50. The smallest absolute Gasteiger partial charge is 0.338 e. The van der Waals surface area contributed by atoms with Gasteiger partial charge in [-0.25, -0.2) is 0 Å². The number of alkyl halides is 3. The Morgan fingerprint density at radius 2 is 1.76 bits per heavy atom. The van der Waals surface area contributed by atoms with Crippen molar-refractivity contribution in [2.45, 2.75) is 64.6 Å². The molecule has 2 atom stereocenters. The van der Waals surface area contributed by atoms with Gasteiger partial charge in [0.1, 0.15) is 5.69 Å². The van der Waals surface area contributed by atoms with E-state index in [4.69, 9.17) is 0 Å². The molecule has 0 radical (unpaired) electrons. The number of nitrogens with zero attached hydrogens (tertiary/aromatic N) is 1. The van der Waals surface area contributed by atoms with E-state index >= 15 is 0 Å². The maximum Gasteiger partial charge on any atom is 0.418 e. The summed E-state index contributed by atoms with van der Waals surface area (Å²) in [5, 5.41) is 2.58. The van der Waals surface area contributed by atoms with E-state index in [1.807, 2.05) is 42.7 Å². The highest BCUT2D eigenvalue weighted by Crippen LogP contribution is 2.48. The van der Waals surface area contributed by atoms with Crippen LogP contribution in [-0.2, 0) is 19.0 Å². The maximum absolute atomic E-state index is 13.7. The molecule has 2 unspecified atom stereocenters. The average molecular weight is 469 g/mol. The molecule has 1 fully saturated rings. The first-order valence-electron chi connectivity index (χ1n) is 11.9. The van der Waals surface area contributed by atoms with E-state index in [1.165, 1.54) is 17.7 Å². The largest absolute Gasteiger partial charge is 0.418 e. The number of benzene rings is 2. The Bertz CT molecular complexity index is 1150. The van der Waals surface area contributed by atoms with Gasteiger partial charge >= 0.3 is 6.18 Å². The van der Waals surface area contributed by atoms with Gasteiger partial charge in [-0.2, -0.15) is 13.2 Å². The molecule has 0 spiro atoms. The molecule has 1 saturated carbocycles. The van der Waals surface area contributed by atoms with Gasteiger partial charge in [0.25, 0.3) is 5.91 Å². The minimum Gasteiger partial charge on any atom is -0.338 e. The van der Waals surface area contributed by atoms with Crippen LogP contribution in [0.3, 0.4) is 0 Å². The summed E-state index contributed by atoms with van der Waals surface area (Å²) >= 11 is 0. The van der Waals surface area contributed by atoms with Crippen molar-refractivity contribution < 1.29 is 18.0 Å². The van der Waals surface area contributed by atoms with Gasteiger partial charge in [0, 0.05) is 11.7 Å². The van der Waals surface area contributed by atoms with Crippen molar-refractivity contribution in [3.05, 3.63) is 88.7 Å². The lowest BCUT2D eigenvalue weighted by molar-refractivity contribution is -0.136. The zero-order valence-corrected chi connectivity index (χ0v) is 19.8. The maximum atomic E-state index is 13.7. The van der Waals surface area contributed by atoms with Crippen LogP contribution in [0.5, 0.6) is 0 Å². The van der Waals surface area contributed by atoms with Gasteiger partial charge < -0.3 is 9.88 Å². The third kappa shape index (κ3) is 5.37. The van der Waals surface area contributed by atoms with Gasteiger partial charge in [-0.05, 0) is 86.8 Å². The van der Waals surface area contributed by atoms with Crippen molar-refractivity contribution in [3.63, 3.8) is 0 Å². The number of halogens is 3. The van der Waals surface area contributed by atoms with Gasteiger partial charge in [-0.15, -0.1) is 0 Å². The van der Waals surface area contributed by atoms with Gasteiger partial charge in [0.05, 0.1) is 11.3 Å². The number of carbonyl (C=O) groups is 1. The molecule has 3 nitrogen and oxygen atoms in total. The van der Waals surface area contributed by atoms with Gasteiger partial charge in [-0.1, -0.05) is 43.3 Å². The second-order valence-corrected chi connectivity index (χ2v) is 9.59. The molecule has 180 valence electrons. The Labute approximate surface area is 199 Å². The minimum absolute atomic E-state index is 0.00297. The zero-order chi connectivity index (χ0) is 24.5. The van der Waals surface area contributed by atoms with E-state index in [1.54, 1.807) is 6.07 Å². The highest BCUT2D eigenvalue weighted by Gasteiger charge is 2.38. The standard InChI is InChI=1S/C28H31F3N2O/c1-18(2)33-22(11-7-10-20-8-5-4-6-9-20)13-15-26(33)27(34)32-25-17-21(23-16-19(23)3)12-14-24(25)28(29,30)31/h4-6,8-9,12-15,17-19,23H,7,10-11,16H2,1-3H3,(H,32,34). The fourth-order valence-corrected chi connectivity index (χ4v) is 4.72. The van der Waals surface area contributed by atoms with Crippen molar-refractivity contribution in [1.29, 1.82) is 0 Å². The first kappa shape index (κ1) is 24.1. The van der Waals surface area contributed by atoms with Crippen molar-refractivity contribution in [1.82, 2.24) is 4.57 Å². The molecule has 0 bridgehead atoms. The van der Waals surface area contributed by atoms with Crippen molar-refractivity contribution in [3.8, 4) is 0 Å². The second-order valence-electron chi connectivity index (χ2n) is 9.59. The van der Waals surface area contributed by atoms with E-state index in [2.05, 4.69) is 24.4 Å². The Balaban J connectivity index is 1.55. The predicted octanol–water partition coefficient (Wildman–Crippen LogP) is 7.64. The van der Waals surface area contributed by atoms with E-state index in [-0.39, 0.29) is 17.6 Å². The zero-order valence-electron chi connectivity index (χ0n) is 19.8. The third-order valence-electron chi connectivity index (χ3n) is 6.63. The van der Waals surface area contributed by atoms with Crippen LogP contribution >= 0.6 is 0 Å². The average Bonchev–Trinajstić information content (AvgIpc) is 3.35. The molecule has 3 aromatic rings. The minimum atomic E-state index is -4.54. The predicted molar refractivity (Wildman–Crippen MR) is 129 cm³/mol. The first-order chi connectivity index (χ1) is 16.1. The molecule has 4 rings (SSSR count). The van der Waals surface area contributed by atoms with Gasteiger partial charge in [0.15, 0.2) is 0 Å². The molecule has 0 aliphatic heterocycles. The highest BCUT2D eigenvalue weighted by atomic mass is 19.4. The van der Waals surface area contributed by atoms with Gasteiger partial charge in [0.2, 0.25) is 0 Å². The van der Waals surface area contributed by atoms with E-state index in [9.17, 15) is 18.0 Å². The van der Waals surface area contributed by atoms with Crippen LogP contribution in [0.2, 0.25) is 0 Å². The summed E-state index contributed by atoms with van der Waals surface area (Å²) in [6, 6.07) is 18.0. The van der Waals surface area contributed by atoms with E-state index in [0.29, 0.717) is 11.6 Å². The monoisotopic (exact) mass is 468 g/mol. The van der Waals surface area contributed by atoms with Crippen molar-refractivity contribution in [2.75, 3.05) is 5.32 Å². The van der Waals surface area contributed by atoms with Crippen LogP contribution in [0.1, 0.15) is 78.4 Å². The Morgan fingerprint density at radius 1 is 1.06 bits per heavy atom. The Hall–Kier alpha value is -3.02. The van der Waals surface area contributed by atoms with Crippen LogP contribution in [0.25, 0.3) is 0 Å². The lowest BCUT2D eigenvalue weighted by Gasteiger charge is -2.19. The molecule has 1 N–H and O–H groups in total. The fraction of sp³-hybridized carbons (Fsp3) is 0.393. The summed E-state index contributed by atoms with van der Waals surface area (Å²) < 4.78 is 42.9. The molecule has 1 aromatic heterocycles. The molecule has 1 aliphatic carbocycles. The molecule has 6 heteroatoms.